The number of rotatable bonds is 6. The summed E-state index contributed by atoms with van der Waals surface area (Å²) in [5.74, 6) is 0.182. The van der Waals surface area contributed by atoms with E-state index in [4.69, 9.17) is 0 Å². The molecule has 0 aliphatic heterocycles. The second-order valence-electron chi connectivity index (χ2n) is 6.40. The highest BCUT2D eigenvalue weighted by Gasteiger charge is 2.19. The predicted molar refractivity (Wildman–Crippen MR) is 106 cm³/mol. The predicted octanol–water partition coefficient (Wildman–Crippen LogP) is 4.70. The highest BCUT2D eigenvalue weighted by Crippen LogP contribution is 2.29. The first-order chi connectivity index (χ1) is 13.0. The maximum atomic E-state index is 14.2. The molecule has 2 aromatic carbocycles. The average molecular weight is 384 g/mol. The lowest BCUT2D eigenvalue weighted by Crippen LogP contribution is -2.15. The minimum Gasteiger partial charge on any atom is -0.325 e. The number of halogens is 1. The standard InChI is InChI=1S/C20H21FN4OS/c1-13(2)25-19(15-9-5-6-10-16(15)21)23-24-20(25)27-12-18(26)22-17-11-7-4-8-14(17)3/h4-11,13H,12H2,1-3H3,(H,22,26). The molecule has 0 aliphatic rings. The third kappa shape index (κ3) is 4.36. The molecule has 27 heavy (non-hydrogen) atoms. The van der Waals surface area contributed by atoms with Crippen LogP contribution in [-0.4, -0.2) is 26.4 Å². The molecule has 5 nitrogen and oxygen atoms in total. The number of nitrogens with zero attached hydrogens (tertiary/aromatic N) is 3. The second kappa shape index (κ2) is 8.35. The van der Waals surface area contributed by atoms with Crippen molar-refractivity contribution in [3.05, 3.63) is 59.9 Å². The van der Waals surface area contributed by atoms with Crippen LogP contribution in [0, 0.1) is 12.7 Å². The van der Waals surface area contributed by atoms with Gasteiger partial charge in [-0.3, -0.25) is 9.36 Å². The number of carbonyl (C=O) groups is 1. The van der Waals surface area contributed by atoms with E-state index in [0.29, 0.717) is 16.5 Å². The van der Waals surface area contributed by atoms with E-state index in [0.717, 1.165) is 11.3 Å². The summed E-state index contributed by atoms with van der Waals surface area (Å²) < 4.78 is 16.0. The number of benzene rings is 2. The Kier molecular flexibility index (Phi) is 5.91. The van der Waals surface area contributed by atoms with Gasteiger partial charge in [0.05, 0.1) is 11.3 Å². The molecular formula is C20H21FN4OS. The summed E-state index contributed by atoms with van der Waals surface area (Å²) in [6.45, 7) is 5.90. The van der Waals surface area contributed by atoms with Crippen LogP contribution in [-0.2, 0) is 4.79 Å². The Morgan fingerprint density at radius 2 is 1.85 bits per heavy atom. The molecule has 0 bridgehead atoms. The third-order valence-electron chi connectivity index (χ3n) is 4.05. The quantitative estimate of drug-likeness (QED) is 0.626. The first kappa shape index (κ1) is 19.1. The van der Waals surface area contributed by atoms with Crippen molar-refractivity contribution in [2.24, 2.45) is 0 Å². The van der Waals surface area contributed by atoms with E-state index in [-0.39, 0.29) is 23.5 Å². The van der Waals surface area contributed by atoms with Gasteiger partial charge in [-0.05, 0) is 44.5 Å². The minimum atomic E-state index is -0.347. The number of thioether (sulfide) groups is 1. The molecule has 0 radical (unpaired) electrons. The first-order valence-corrected chi connectivity index (χ1v) is 9.64. The lowest BCUT2D eigenvalue weighted by molar-refractivity contribution is -0.113. The topological polar surface area (TPSA) is 59.8 Å². The normalized spacial score (nSPS) is 11.0. The van der Waals surface area contributed by atoms with E-state index in [1.807, 2.05) is 49.6 Å². The Labute approximate surface area is 162 Å². The summed E-state index contributed by atoms with van der Waals surface area (Å²) in [6.07, 6.45) is 0. The van der Waals surface area contributed by atoms with Crippen LogP contribution >= 0.6 is 11.8 Å². The van der Waals surface area contributed by atoms with Crippen LogP contribution in [0.1, 0.15) is 25.5 Å². The fraction of sp³-hybridized carbons (Fsp3) is 0.250. The van der Waals surface area contributed by atoms with E-state index >= 15 is 0 Å². The molecule has 0 saturated heterocycles. The maximum absolute atomic E-state index is 14.2. The number of nitrogens with one attached hydrogen (secondary N) is 1. The zero-order chi connectivity index (χ0) is 19.4. The molecule has 0 unspecified atom stereocenters. The number of anilines is 1. The average Bonchev–Trinajstić information content (AvgIpc) is 3.06. The highest BCUT2D eigenvalue weighted by molar-refractivity contribution is 7.99. The van der Waals surface area contributed by atoms with Crippen LogP contribution in [0.15, 0.2) is 53.7 Å². The van der Waals surface area contributed by atoms with Gasteiger partial charge in [0.25, 0.3) is 0 Å². The monoisotopic (exact) mass is 384 g/mol. The minimum absolute atomic E-state index is 0.0246. The molecular weight excluding hydrogens is 363 g/mol. The summed E-state index contributed by atoms with van der Waals surface area (Å²) >= 11 is 1.28. The number of aryl methyl sites for hydroxylation is 1. The van der Waals surface area contributed by atoms with Crippen molar-refractivity contribution in [3.8, 4) is 11.4 Å². The largest absolute Gasteiger partial charge is 0.325 e. The molecule has 0 atom stereocenters. The molecule has 1 amide bonds. The zero-order valence-corrected chi connectivity index (χ0v) is 16.3. The van der Waals surface area contributed by atoms with Crippen LogP contribution < -0.4 is 5.32 Å². The van der Waals surface area contributed by atoms with Gasteiger partial charge >= 0.3 is 0 Å². The lowest BCUT2D eigenvalue weighted by atomic mass is 10.2. The van der Waals surface area contributed by atoms with Crippen LogP contribution in [0.2, 0.25) is 0 Å². The van der Waals surface area contributed by atoms with Crippen molar-refractivity contribution in [2.45, 2.75) is 32.0 Å². The molecule has 3 rings (SSSR count). The summed E-state index contributed by atoms with van der Waals surface area (Å²) in [6, 6.07) is 14.1. The first-order valence-electron chi connectivity index (χ1n) is 8.65. The van der Waals surface area contributed by atoms with Gasteiger partial charge in [-0.15, -0.1) is 10.2 Å². The summed E-state index contributed by atoms with van der Waals surface area (Å²) in [5, 5.41) is 11.8. The van der Waals surface area contributed by atoms with Gasteiger partial charge in [-0.2, -0.15) is 0 Å². The van der Waals surface area contributed by atoms with Crippen molar-refractivity contribution in [1.29, 1.82) is 0 Å². The number of aromatic nitrogens is 3. The lowest BCUT2D eigenvalue weighted by Gasteiger charge is -2.14. The Morgan fingerprint density at radius 1 is 1.15 bits per heavy atom. The zero-order valence-electron chi connectivity index (χ0n) is 15.4. The molecule has 140 valence electrons. The van der Waals surface area contributed by atoms with E-state index in [2.05, 4.69) is 15.5 Å². The number of carbonyl (C=O) groups excluding carboxylic acids is 1. The number of hydrogen-bond donors (Lipinski definition) is 1. The van der Waals surface area contributed by atoms with Gasteiger partial charge in [0, 0.05) is 11.7 Å². The Balaban J connectivity index is 1.77. The van der Waals surface area contributed by atoms with Gasteiger partial charge in [-0.1, -0.05) is 42.1 Å². The van der Waals surface area contributed by atoms with Crippen molar-refractivity contribution in [3.63, 3.8) is 0 Å². The Morgan fingerprint density at radius 3 is 2.56 bits per heavy atom. The van der Waals surface area contributed by atoms with E-state index in [9.17, 15) is 9.18 Å². The summed E-state index contributed by atoms with van der Waals surface area (Å²) in [5.41, 5.74) is 2.19. The number of para-hydroxylation sites is 1. The van der Waals surface area contributed by atoms with Crippen LogP contribution in [0.3, 0.4) is 0 Å². The fourth-order valence-electron chi connectivity index (χ4n) is 2.70. The number of hydrogen-bond acceptors (Lipinski definition) is 4. The molecule has 0 saturated carbocycles. The van der Waals surface area contributed by atoms with Gasteiger partial charge in [0.1, 0.15) is 5.82 Å². The van der Waals surface area contributed by atoms with E-state index in [1.54, 1.807) is 18.2 Å². The second-order valence-corrected chi connectivity index (χ2v) is 7.34. The SMILES string of the molecule is Cc1ccccc1NC(=O)CSc1nnc(-c2ccccc2F)n1C(C)C. The Bertz CT molecular complexity index is 955. The van der Waals surface area contributed by atoms with Gasteiger partial charge in [0.2, 0.25) is 5.91 Å². The van der Waals surface area contributed by atoms with Crippen LogP contribution in [0.25, 0.3) is 11.4 Å². The van der Waals surface area contributed by atoms with Crippen molar-refractivity contribution in [1.82, 2.24) is 14.8 Å². The molecule has 3 aromatic rings. The molecule has 1 heterocycles. The maximum Gasteiger partial charge on any atom is 0.234 e. The molecule has 0 fully saturated rings. The van der Waals surface area contributed by atoms with Crippen LogP contribution in [0.5, 0.6) is 0 Å². The van der Waals surface area contributed by atoms with E-state index < -0.39 is 0 Å². The van der Waals surface area contributed by atoms with E-state index in [1.165, 1.54) is 17.8 Å². The van der Waals surface area contributed by atoms with Crippen molar-refractivity contribution >= 4 is 23.4 Å². The molecule has 0 aliphatic carbocycles. The summed E-state index contributed by atoms with van der Waals surface area (Å²) in [4.78, 5) is 12.3. The van der Waals surface area contributed by atoms with Crippen molar-refractivity contribution in [2.75, 3.05) is 11.1 Å². The van der Waals surface area contributed by atoms with Gasteiger partial charge in [0.15, 0.2) is 11.0 Å². The third-order valence-corrected chi connectivity index (χ3v) is 4.99. The summed E-state index contributed by atoms with van der Waals surface area (Å²) in [7, 11) is 0. The van der Waals surface area contributed by atoms with Crippen LogP contribution in [0.4, 0.5) is 10.1 Å². The molecule has 1 aromatic heterocycles. The van der Waals surface area contributed by atoms with Gasteiger partial charge < -0.3 is 5.32 Å². The van der Waals surface area contributed by atoms with Crippen molar-refractivity contribution < 1.29 is 9.18 Å². The molecule has 0 spiro atoms. The molecule has 7 heteroatoms. The number of amides is 1. The Hall–Kier alpha value is -2.67. The molecule has 1 N–H and O–H groups in total. The highest BCUT2D eigenvalue weighted by atomic mass is 32.2. The smallest absolute Gasteiger partial charge is 0.234 e. The fourth-order valence-corrected chi connectivity index (χ4v) is 3.56. The van der Waals surface area contributed by atoms with Gasteiger partial charge in [-0.25, -0.2) is 4.39 Å².